The van der Waals surface area contributed by atoms with Crippen LogP contribution in [0.1, 0.15) is 5.56 Å². The van der Waals surface area contributed by atoms with Gasteiger partial charge in [0.05, 0.1) is 22.8 Å². The summed E-state index contributed by atoms with van der Waals surface area (Å²) in [6.45, 7) is -1.14. The molecule has 0 aliphatic rings. The lowest BCUT2D eigenvalue weighted by molar-refractivity contribution is -0.202. The number of hydrogen-bond acceptors (Lipinski definition) is 4. The first kappa shape index (κ1) is 25.8. The molecule has 0 heterocycles. The number of anilines is 1. The van der Waals surface area contributed by atoms with Gasteiger partial charge in [-0.05, 0) is 42.5 Å². The van der Waals surface area contributed by atoms with Crippen LogP contribution in [0, 0.1) is 0 Å². The van der Waals surface area contributed by atoms with Gasteiger partial charge in [-0.3, -0.25) is 0 Å². The van der Waals surface area contributed by atoms with E-state index in [1.807, 2.05) is 0 Å². The third-order valence-corrected chi connectivity index (χ3v) is 5.14. The fraction of sp³-hybridized carbons (Fsp3) is 0.182. The van der Waals surface area contributed by atoms with Crippen molar-refractivity contribution in [1.82, 2.24) is 0 Å². The molecule has 4 nitrogen and oxygen atoms in total. The highest BCUT2D eigenvalue weighted by molar-refractivity contribution is 6.42. The second-order valence-corrected chi connectivity index (χ2v) is 7.67. The number of hydroxylamine groups is 1. The highest BCUT2D eigenvalue weighted by Gasteiger charge is 2.40. The highest BCUT2D eigenvalue weighted by atomic mass is 35.5. The molecule has 12 heteroatoms. The van der Waals surface area contributed by atoms with Gasteiger partial charge in [-0.1, -0.05) is 41.4 Å². The molecule has 0 amide bonds. The van der Waals surface area contributed by atoms with Gasteiger partial charge in [0.25, 0.3) is 0 Å². The van der Waals surface area contributed by atoms with Crippen LogP contribution in [-0.4, -0.2) is 23.9 Å². The second-order valence-electron chi connectivity index (χ2n) is 6.89. The molecule has 1 N–H and O–H groups in total. The molecule has 34 heavy (non-hydrogen) atoms. The molecule has 0 spiro atoms. The topological polar surface area (TPSA) is 41.9 Å². The lowest BCUT2D eigenvalue weighted by Crippen LogP contribution is -2.42. The lowest BCUT2D eigenvalue weighted by Gasteiger charge is -2.28. The van der Waals surface area contributed by atoms with Crippen LogP contribution in [0.3, 0.4) is 0 Å². The number of halogens is 8. The zero-order valence-electron chi connectivity index (χ0n) is 16.9. The van der Waals surface area contributed by atoms with Crippen LogP contribution >= 0.6 is 23.2 Å². The number of aliphatic hydroxyl groups is 1. The van der Waals surface area contributed by atoms with E-state index < -0.39 is 36.3 Å². The number of ether oxygens (including phenoxy) is 1. The van der Waals surface area contributed by atoms with Crippen molar-refractivity contribution < 1.29 is 41.0 Å². The first-order chi connectivity index (χ1) is 15.8. The van der Waals surface area contributed by atoms with Gasteiger partial charge in [0.1, 0.15) is 16.5 Å². The highest BCUT2D eigenvalue weighted by Crippen LogP contribution is 2.36. The largest absolute Gasteiger partial charge is 0.456 e. The predicted octanol–water partition coefficient (Wildman–Crippen LogP) is 7.53. The van der Waals surface area contributed by atoms with Crippen LogP contribution in [-0.2, 0) is 6.18 Å². The van der Waals surface area contributed by atoms with Gasteiger partial charge in [0, 0.05) is 6.07 Å². The van der Waals surface area contributed by atoms with Crippen molar-refractivity contribution in [2.75, 3.05) is 11.6 Å². The Hall–Kier alpha value is -2.82. The summed E-state index contributed by atoms with van der Waals surface area (Å²) >= 11 is 12.0. The molecule has 0 aromatic heterocycles. The molecule has 0 radical (unpaired) electrons. The van der Waals surface area contributed by atoms with Crippen molar-refractivity contribution >= 4 is 28.9 Å². The molecule has 3 rings (SSSR count). The first-order valence-electron chi connectivity index (χ1n) is 9.44. The monoisotopic (exact) mass is 525 g/mol. The maximum absolute atomic E-state index is 13.0. The summed E-state index contributed by atoms with van der Waals surface area (Å²) in [5, 5.41) is 10.5. The molecule has 182 valence electrons. The molecular formula is C22H15Cl2F6NO3. The summed E-state index contributed by atoms with van der Waals surface area (Å²) < 4.78 is 83.7. The van der Waals surface area contributed by atoms with Crippen molar-refractivity contribution in [3.05, 3.63) is 82.3 Å². The van der Waals surface area contributed by atoms with E-state index in [2.05, 4.69) is 0 Å². The summed E-state index contributed by atoms with van der Waals surface area (Å²) in [7, 11) is 0. The number of hydrogen-bond donors (Lipinski definition) is 1. The van der Waals surface area contributed by atoms with Crippen LogP contribution < -0.4 is 14.6 Å². The van der Waals surface area contributed by atoms with E-state index in [4.69, 9.17) is 32.8 Å². The lowest BCUT2D eigenvalue weighted by atomic mass is 10.2. The summed E-state index contributed by atoms with van der Waals surface area (Å²) in [5.74, 6) is -0.124. The zero-order valence-corrected chi connectivity index (χ0v) is 18.4. The third kappa shape index (κ3) is 6.62. The van der Waals surface area contributed by atoms with Gasteiger partial charge in [-0.15, -0.1) is 0 Å². The predicted molar refractivity (Wildman–Crippen MR) is 114 cm³/mol. The Bertz CT molecular complexity index is 1140. The van der Waals surface area contributed by atoms with Gasteiger partial charge in [-0.25, -0.2) is 5.06 Å². The van der Waals surface area contributed by atoms with Crippen molar-refractivity contribution in [3.8, 4) is 17.2 Å². The molecule has 3 aromatic carbocycles. The van der Waals surface area contributed by atoms with Gasteiger partial charge in [-0.2, -0.15) is 26.3 Å². The number of nitrogens with zero attached hydrogens (tertiary/aromatic N) is 1. The normalized spacial score (nSPS) is 12.9. The summed E-state index contributed by atoms with van der Waals surface area (Å²) in [6.07, 6.45) is -12.6. The van der Waals surface area contributed by atoms with E-state index in [9.17, 15) is 31.4 Å². The van der Waals surface area contributed by atoms with Crippen LogP contribution in [0.25, 0.3) is 0 Å². The van der Waals surface area contributed by atoms with Gasteiger partial charge < -0.3 is 14.7 Å². The summed E-state index contributed by atoms with van der Waals surface area (Å²) in [6, 6.07) is 13.6. The Morgan fingerprint density at radius 1 is 0.853 bits per heavy atom. The Morgan fingerprint density at radius 2 is 1.50 bits per heavy atom. The quantitative estimate of drug-likeness (QED) is 0.255. The first-order valence-corrected chi connectivity index (χ1v) is 10.2. The molecule has 0 saturated carbocycles. The number of aliphatic hydroxyl groups excluding tert-OH is 1. The van der Waals surface area contributed by atoms with Gasteiger partial charge in [0.15, 0.2) is 11.9 Å². The molecule has 1 atom stereocenters. The summed E-state index contributed by atoms with van der Waals surface area (Å²) in [5.41, 5.74) is -1.11. The van der Waals surface area contributed by atoms with E-state index in [-0.39, 0.29) is 27.2 Å². The Morgan fingerprint density at radius 3 is 2.18 bits per heavy atom. The Labute approximate surface area is 199 Å². The van der Waals surface area contributed by atoms with Crippen LogP contribution in [0.5, 0.6) is 17.2 Å². The molecule has 0 saturated heterocycles. The minimum Gasteiger partial charge on any atom is -0.456 e. The Balaban J connectivity index is 1.93. The van der Waals surface area contributed by atoms with Crippen molar-refractivity contribution in [3.63, 3.8) is 0 Å². The number of benzene rings is 3. The van der Waals surface area contributed by atoms with Crippen molar-refractivity contribution in [2.24, 2.45) is 0 Å². The zero-order chi connectivity index (χ0) is 25.1. The molecule has 0 aliphatic carbocycles. The molecular weight excluding hydrogens is 511 g/mol. The number of alkyl halides is 6. The minimum absolute atomic E-state index is 0.0450. The van der Waals surface area contributed by atoms with E-state index in [1.165, 1.54) is 36.4 Å². The van der Waals surface area contributed by atoms with E-state index >= 15 is 0 Å². The average Bonchev–Trinajstić information content (AvgIpc) is 2.75. The van der Waals surface area contributed by atoms with E-state index in [1.54, 1.807) is 6.07 Å². The van der Waals surface area contributed by atoms with Gasteiger partial charge in [0.2, 0.25) is 0 Å². The third-order valence-electron chi connectivity index (χ3n) is 4.34. The standard InChI is InChI=1S/C22H15Cl2F6NO3/c23-17-8-3-9-18(20(17)24)33-15-6-2-5-14(11-15)31(12-19(32)22(28,29)30)34-16-7-1-4-13(10-16)21(25,26)27/h1-11,19,32H,12H2/t19-/m0/s1. The number of rotatable bonds is 7. The maximum atomic E-state index is 13.0. The van der Waals surface area contributed by atoms with Crippen molar-refractivity contribution in [1.29, 1.82) is 0 Å². The molecule has 0 unspecified atom stereocenters. The molecule has 0 bridgehead atoms. The van der Waals surface area contributed by atoms with Crippen LogP contribution in [0.15, 0.2) is 66.7 Å². The van der Waals surface area contributed by atoms with Crippen molar-refractivity contribution in [2.45, 2.75) is 18.5 Å². The van der Waals surface area contributed by atoms with Crippen LogP contribution in [0.4, 0.5) is 32.0 Å². The molecule has 0 aliphatic heterocycles. The maximum Gasteiger partial charge on any atom is 0.416 e. The minimum atomic E-state index is -5.00. The molecule has 0 fully saturated rings. The van der Waals surface area contributed by atoms with Gasteiger partial charge >= 0.3 is 12.4 Å². The second kappa shape index (κ2) is 10.2. The van der Waals surface area contributed by atoms with Crippen LogP contribution in [0.2, 0.25) is 10.0 Å². The molecule has 3 aromatic rings. The SMILES string of the molecule is O[C@@H](CN(Oc1cccc(C(F)(F)F)c1)c1cccc(Oc2cccc(Cl)c2Cl)c1)C(F)(F)F. The fourth-order valence-electron chi connectivity index (χ4n) is 2.70. The van der Waals surface area contributed by atoms with E-state index in [0.29, 0.717) is 11.1 Å². The smallest absolute Gasteiger partial charge is 0.416 e. The Kier molecular flexibility index (Phi) is 7.74. The average molecular weight is 526 g/mol. The van der Waals surface area contributed by atoms with E-state index in [0.717, 1.165) is 18.2 Å². The fourth-order valence-corrected chi connectivity index (χ4v) is 3.03. The summed E-state index contributed by atoms with van der Waals surface area (Å²) in [4.78, 5) is 5.32.